The molecule has 38 heavy (non-hydrogen) atoms. The zero-order valence-electron chi connectivity index (χ0n) is 22.7. The van der Waals surface area contributed by atoms with Gasteiger partial charge in [0.25, 0.3) is 0 Å². The molecule has 0 bridgehead atoms. The van der Waals surface area contributed by atoms with Crippen molar-refractivity contribution < 1.29 is 14.6 Å². The summed E-state index contributed by atoms with van der Waals surface area (Å²) in [6.45, 7) is 10.3. The molecule has 0 aliphatic heterocycles. The van der Waals surface area contributed by atoms with Gasteiger partial charge in [-0.25, -0.2) is 4.79 Å². The van der Waals surface area contributed by atoms with Crippen molar-refractivity contribution in [3.8, 4) is 11.5 Å². The number of nitrogens with zero attached hydrogens (tertiary/aromatic N) is 2. The summed E-state index contributed by atoms with van der Waals surface area (Å²) in [6, 6.07) is 21.6. The second-order valence-corrected chi connectivity index (χ2v) is 11.7. The molecule has 1 aliphatic rings. The average molecular weight is 509 g/mol. The van der Waals surface area contributed by atoms with Crippen LogP contribution in [0.1, 0.15) is 78.7 Å². The largest absolute Gasteiger partial charge is 0.478 e. The molecule has 1 aromatic heterocycles. The highest BCUT2D eigenvalue weighted by atomic mass is 16.5. The molecule has 196 valence electrons. The number of carbonyl (C=O) groups is 1. The van der Waals surface area contributed by atoms with Crippen molar-refractivity contribution in [1.29, 1.82) is 0 Å². The number of aryl methyl sites for hydroxylation is 2. The first-order chi connectivity index (χ1) is 18.1. The van der Waals surface area contributed by atoms with Crippen molar-refractivity contribution in [1.82, 2.24) is 9.78 Å². The first-order valence-corrected chi connectivity index (χ1v) is 13.4. The predicted molar refractivity (Wildman–Crippen MR) is 150 cm³/mol. The summed E-state index contributed by atoms with van der Waals surface area (Å²) in [5.74, 6) is -0.0325. The number of carboxylic acid groups (broad SMARTS) is 1. The van der Waals surface area contributed by atoms with Crippen LogP contribution in [-0.2, 0) is 30.2 Å². The SMILES string of the molecule is CC1(C)CCC(C)(C)c2cc(Cn3cccn3)c(CCc3ccc(Oc4ccccc4C(=O)O)cc3)cc21. The number of aromatic nitrogens is 2. The lowest BCUT2D eigenvalue weighted by molar-refractivity contribution is 0.0694. The van der Waals surface area contributed by atoms with E-state index in [1.165, 1.54) is 40.7 Å². The topological polar surface area (TPSA) is 64.4 Å². The number of para-hydroxylation sites is 1. The van der Waals surface area contributed by atoms with Crippen LogP contribution < -0.4 is 4.74 Å². The first kappa shape index (κ1) is 25.8. The molecule has 5 nitrogen and oxygen atoms in total. The lowest BCUT2D eigenvalue weighted by Crippen LogP contribution is -2.34. The Hall–Kier alpha value is -3.86. The fourth-order valence-electron chi connectivity index (χ4n) is 5.51. The van der Waals surface area contributed by atoms with Gasteiger partial charge >= 0.3 is 5.97 Å². The van der Waals surface area contributed by atoms with E-state index in [-0.39, 0.29) is 16.4 Å². The van der Waals surface area contributed by atoms with Gasteiger partial charge in [-0.1, -0.05) is 64.1 Å². The monoisotopic (exact) mass is 508 g/mol. The molecule has 4 aromatic rings. The van der Waals surface area contributed by atoms with Gasteiger partial charge in [0.1, 0.15) is 17.1 Å². The van der Waals surface area contributed by atoms with Crippen molar-refractivity contribution in [2.75, 3.05) is 0 Å². The number of aromatic carboxylic acids is 1. The number of fused-ring (bicyclic) bond motifs is 1. The minimum Gasteiger partial charge on any atom is -0.478 e. The van der Waals surface area contributed by atoms with Crippen LogP contribution in [0.4, 0.5) is 0 Å². The Morgan fingerprint density at radius 2 is 1.55 bits per heavy atom. The molecule has 1 aliphatic carbocycles. The van der Waals surface area contributed by atoms with Crippen molar-refractivity contribution in [3.05, 3.63) is 113 Å². The Morgan fingerprint density at radius 3 is 2.18 bits per heavy atom. The highest BCUT2D eigenvalue weighted by Crippen LogP contribution is 2.46. The van der Waals surface area contributed by atoms with Crippen LogP contribution in [0.5, 0.6) is 11.5 Å². The summed E-state index contributed by atoms with van der Waals surface area (Å²) in [7, 11) is 0. The zero-order chi connectivity index (χ0) is 26.9. The van der Waals surface area contributed by atoms with Crippen LogP contribution in [0.25, 0.3) is 0 Å². The normalized spacial score (nSPS) is 15.6. The first-order valence-electron chi connectivity index (χ1n) is 13.4. The van der Waals surface area contributed by atoms with E-state index in [9.17, 15) is 9.90 Å². The highest BCUT2D eigenvalue weighted by molar-refractivity contribution is 5.90. The van der Waals surface area contributed by atoms with E-state index in [1.54, 1.807) is 24.3 Å². The van der Waals surface area contributed by atoms with Crippen LogP contribution in [0.15, 0.2) is 79.1 Å². The third kappa shape index (κ3) is 5.38. The molecule has 3 aromatic carbocycles. The Morgan fingerprint density at radius 1 is 0.895 bits per heavy atom. The molecular weight excluding hydrogens is 472 g/mol. The third-order valence-corrected chi connectivity index (χ3v) is 8.02. The summed E-state index contributed by atoms with van der Waals surface area (Å²) in [6.07, 6.45) is 8.09. The average Bonchev–Trinajstić information content (AvgIpc) is 3.40. The number of rotatable bonds is 8. The van der Waals surface area contributed by atoms with Gasteiger partial charge in [0.15, 0.2) is 0 Å². The van der Waals surface area contributed by atoms with Gasteiger partial charge in [-0.05, 0) is 94.7 Å². The molecule has 0 radical (unpaired) electrons. The number of ether oxygens (including phenoxy) is 1. The quantitative estimate of drug-likeness (QED) is 0.267. The Balaban J connectivity index is 1.39. The summed E-state index contributed by atoms with van der Waals surface area (Å²) in [5, 5.41) is 13.9. The molecular formula is C33H36N2O3. The molecule has 0 amide bonds. The van der Waals surface area contributed by atoms with Gasteiger partial charge in [-0.15, -0.1) is 0 Å². The van der Waals surface area contributed by atoms with Crippen LogP contribution in [0, 0.1) is 0 Å². The van der Waals surface area contributed by atoms with E-state index in [4.69, 9.17) is 4.74 Å². The van der Waals surface area contributed by atoms with Crippen LogP contribution in [0.3, 0.4) is 0 Å². The number of hydrogen-bond acceptors (Lipinski definition) is 3. The molecule has 0 atom stereocenters. The van der Waals surface area contributed by atoms with Gasteiger partial charge in [-0.3, -0.25) is 4.68 Å². The Labute approximate surface area is 225 Å². The van der Waals surface area contributed by atoms with Crippen LogP contribution in [0.2, 0.25) is 0 Å². The number of benzene rings is 3. The van der Waals surface area contributed by atoms with Crippen molar-refractivity contribution in [2.45, 2.75) is 70.8 Å². The summed E-state index contributed by atoms with van der Waals surface area (Å²) in [5.41, 5.74) is 7.36. The maximum absolute atomic E-state index is 11.5. The van der Waals surface area contributed by atoms with E-state index in [2.05, 4.69) is 57.1 Å². The maximum atomic E-state index is 11.5. The van der Waals surface area contributed by atoms with Gasteiger partial charge < -0.3 is 9.84 Å². The minimum absolute atomic E-state index is 0.153. The minimum atomic E-state index is -1.00. The van der Waals surface area contributed by atoms with Crippen molar-refractivity contribution in [3.63, 3.8) is 0 Å². The van der Waals surface area contributed by atoms with Gasteiger partial charge in [0, 0.05) is 12.4 Å². The lowest BCUT2D eigenvalue weighted by atomic mass is 9.62. The zero-order valence-corrected chi connectivity index (χ0v) is 22.7. The van der Waals surface area contributed by atoms with Crippen molar-refractivity contribution >= 4 is 5.97 Å². The van der Waals surface area contributed by atoms with E-state index < -0.39 is 5.97 Å². The molecule has 5 heteroatoms. The van der Waals surface area contributed by atoms with E-state index in [0.717, 1.165) is 19.4 Å². The van der Waals surface area contributed by atoms with Gasteiger partial charge in [0.05, 0.1) is 6.54 Å². The predicted octanol–water partition coefficient (Wildman–Crippen LogP) is 7.56. The maximum Gasteiger partial charge on any atom is 0.339 e. The fraction of sp³-hybridized carbons (Fsp3) is 0.333. The summed E-state index contributed by atoms with van der Waals surface area (Å²) < 4.78 is 7.89. The van der Waals surface area contributed by atoms with Crippen molar-refractivity contribution in [2.24, 2.45) is 0 Å². The Kier molecular flexibility index (Phi) is 6.87. The Bertz CT molecular complexity index is 1430. The molecule has 0 spiro atoms. The summed E-state index contributed by atoms with van der Waals surface area (Å²) >= 11 is 0. The summed E-state index contributed by atoms with van der Waals surface area (Å²) in [4.78, 5) is 11.5. The van der Waals surface area contributed by atoms with E-state index >= 15 is 0 Å². The standard InChI is InChI=1S/C33H36N2O3/c1-32(2)16-17-33(3,4)29-21-25(22-35-19-7-18-34-35)24(20-28(29)32)13-10-23-11-14-26(15-12-23)38-30-9-6-5-8-27(30)31(36)37/h5-9,11-12,14-15,18-21H,10,13,16-17,22H2,1-4H3,(H,36,37). The highest BCUT2D eigenvalue weighted by Gasteiger charge is 2.37. The molecule has 5 rings (SSSR count). The van der Waals surface area contributed by atoms with Gasteiger partial charge in [0.2, 0.25) is 0 Å². The second kappa shape index (κ2) is 10.1. The van der Waals surface area contributed by atoms with E-state index in [1.807, 2.05) is 35.3 Å². The number of carboxylic acids is 1. The number of hydrogen-bond donors (Lipinski definition) is 1. The smallest absolute Gasteiger partial charge is 0.339 e. The lowest BCUT2D eigenvalue weighted by Gasteiger charge is -2.42. The van der Waals surface area contributed by atoms with Gasteiger partial charge in [-0.2, -0.15) is 5.10 Å². The third-order valence-electron chi connectivity index (χ3n) is 8.02. The molecule has 0 saturated carbocycles. The van der Waals surface area contributed by atoms with E-state index in [0.29, 0.717) is 11.5 Å². The molecule has 0 unspecified atom stereocenters. The van der Waals surface area contributed by atoms with Crippen LogP contribution >= 0.6 is 0 Å². The van der Waals surface area contributed by atoms with Crippen LogP contribution in [-0.4, -0.2) is 20.9 Å². The molecule has 0 fully saturated rings. The second-order valence-electron chi connectivity index (χ2n) is 11.7. The molecule has 0 saturated heterocycles. The molecule has 1 N–H and O–H groups in total. The molecule has 1 heterocycles. The fourth-order valence-corrected chi connectivity index (χ4v) is 5.51.